The van der Waals surface area contributed by atoms with E-state index in [1.165, 1.54) is 6.92 Å². The number of benzene rings is 1. The molecule has 1 aliphatic rings. The molecule has 6 heteroatoms. The maximum atomic E-state index is 13.9. The summed E-state index contributed by atoms with van der Waals surface area (Å²) < 4.78 is 1.62. The molecule has 200 valence electrons. The van der Waals surface area contributed by atoms with Crippen molar-refractivity contribution in [2.24, 2.45) is 5.92 Å². The number of pyridine rings is 2. The van der Waals surface area contributed by atoms with Gasteiger partial charge in [-0.3, -0.25) is 19.4 Å². The van der Waals surface area contributed by atoms with E-state index in [4.69, 9.17) is 0 Å². The molecule has 0 saturated heterocycles. The second kappa shape index (κ2) is 11.5. The summed E-state index contributed by atoms with van der Waals surface area (Å²) in [7, 11) is 0. The Morgan fingerprint density at radius 1 is 1.05 bits per heavy atom. The molecule has 38 heavy (non-hydrogen) atoms. The van der Waals surface area contributed by atoms with Crippen molar-refractivity contribution in [3.05, 3.63) is 87.1 Å². The van der Waals surface area contributed by atoms with E-state index in [2.05, 4.69) is 36.3 Å². The van der Waals surface area contributed by atoms with Crippen molar-refractivity contribution in [1.82, 2.24) is 14.9 Å². The third-order valence-corrected chi connectivity index (χ3v) is 7.36. The maximum absolute atomic E-state index is 13.9. The van der Waals surface area contributed by atoms with Gasteiger partial charge in [0, 0.05) is 36.1 Å². The van der Waals surface area contributed by atoms with Gasteiger partial charge in [0.25, 0.3) is 5.56 Å². The first-order valence-corrected chi connectivity index (χ1v) is 13.6. The molecule has 6 nitrogen and oxygen atoms in total. The predicted octanol–water partition coefficient (Wildman–Crippen LogP) is 6.14. The van der Waals surface area contributed by atoms with Gasteiger partial charge >= 0.3 is 0 Å². The van der Waals surface area contributed by atoms with Gasteiger partial charge in [-0.25, -0.2) is 0 Å². The molecule has 1 N–H and O–H groups in total. The van der Waals surface area contributed by atoms with E-state index in [1.54, 1.807) is 10.8 Å². The van der Waals surface area contributed by atoms with Gasteiger partial charge in [0.2, 0.25) is 5.91 Å². The quantitative estimate of drug-likeness (QED) is 0.353. The molecule has 2 atom stereocenters. The zero-order valence-electron chi connectivity index (χ0n) is 23.4. The van der Waals surface area contributed by atoms with Crippen LogP contribution in [0.3, 0.4) is 0 Å². The summed E-state index contributed by atoms with van der Waals surface area (Å²) in [6.07, 6.45) is 8.31. The summed E-state index contributed by atoms with van der Waals surface area (Å²) in [6.45, 7) is 11.6. The van der Waals surface area contributed by atoms with Gasteiger partial charge < -0.3 is 9.88 Å². The Bertz CT molecular complexity index is 1380. The number of aryl methyl sites for hydroxylation is 3. The number of carbonyl (C=O) groups is 2. The van der Waals surface area contributed by atoms with E-state index >= 15 is 0 Å². The molecule has 0 bridgehead atoms. The standard InChI is InChI=1S/C32H39N3O3/c1-19(2)12-29(35-18-27(24-10-11-24)13-22(5)32(35)38)31(37)34-28(14-23(6)36)25-15-26(17-33-16-25)30-20(3)8-7-9-21(30)4/h7-9,13,15-19,24,28-29H,10-12,14H2,1-6H3,(H,34,37)/t28-,29-/m0/s1. The fourth-order valence-corrected chi connectivity index (χ4v) is 5.30. The lowest BCUT2D eigenvalue weighted by Gasteiger charge is -2.26. The van der Waals surface area contributed by atoms with Crippen molar-refractivity contribution in [2.45, 2.75) is 85.2 Å². The van der Waals surface area contributed by atoms with Crippen LogP contribution in [0.15, 0.2) is 53.7 Å². The van der Waals surface area contributed by atoms with Gasteiger partial charge in [-0.05, 0) is 98.7 Å². The van der Waals surface area contributed by atoms with E-state index < -0.39 is 12.1 Å². The van der Waals surface area contributed by atoms with Crippen LogP contribution in [0.1, 0.15) is 92.3 Å². The third kappa shape index (κ3) is 6.29. The van der Waals surface area contributed by atoms with Crippen molar-refractivity contribution < 1.29 is 9.59 Å². The molecule has 3 aromatic rings. The molecule has 0 aliphatic heterocycles. The highest BCUT2D eigenvalue weighted by atomic mass is 16.2. The maximum Gasteiger partial charge on any atom is 0.254 e. The number of aromatic nitrogens is 2. The zero-order chi connectivity index (χ0) is 27.6. The van der Waals surface area contributed by atoms with Crippen LogP contribution in [0.2, 0.25) is 0 Å². The Kier molecular flexibility index (Phi) is 8.29. The van der Waals surface area contributed by atoms with E-state index in [9.17, 15) is 14.4 Å². The van der Waals surface area contributed by atoms with Crippen molar-refractivity contribution in [1.29, 1.82) is 0 Å². The minimum Gasteiger partial charge on any atom is -0.347 e. The number of amides is 1. The van der Waals surface area contributed by atoms with Gasteiger partial charge in [0.1, 0.15) is 11.8 Å². The van der Waals surface area contributed by atoms with Gasteiger partial charge in [-0.15, -0.1) is 0 Å². The lowest BCUT2D eigenvalue weighted by Crippen LogP contribution is -2.40. The molecule has 1 fully saturated rings. The number of rotatable bonds is 10. The second-order valence-corrected chi connectivity index (χ2v) is 11.3. The van der Waals surface area contributed by atoms with Crippen LogP contribution in [-0.2, 0) is 9.59 Å². The highest BCUT2D eigenvalue weighted by Crippen LogP contribution is 2.40. The van der Waals surface area contributed by atoms with Crippen LogP contribution in [0.5, 0.6) is 0 Å². The predicted molar refractivity (Wildman–Crippen MR) is 151 cm³/mol. The van der Waals surface area contributed by atoms with Gasteiger partial charge in [-0.2, -0.15) is 0 Å². The molecule has 1 saturated carbocycles. The molecule has 4 rings (SSSR count). The first-order chi connectivity index (χ1) is 18.0. The normalized spacial score (nSPS) is 14.8. The summed E-state index contributed by atoms with van der Waals surface area (Å²) >= 11 is 0. The zero-order valence-corrected chi connectivity index (χ0v) is 23.4. The van der Waals surface area contributed by atoms with Crippen molar-refractivity contribution >= 4 is 11.7 Å². The van der Waals surface area contributed by atoms with Crippen molar-refractivity contribution in [3.63, 3.8) is 0 Å². The number of carbonyl (C=O) groups excluding carboxylic acids is 2. The molecular weight excluding hydrogens is 474 g/mol. The monoisotopic (exact) mass is 513 g/mol. The summed E-state index contributed by atoms with van der Waals surface area (Å²) in [5, 5.41) is 3.13. The molecule has 0 unspecified atom stereocenters. The van der Waals surface area contributed by atoms with Crippen molar-refractivity contribution in [3.8, 4) is 11.1 Å². The SMILES string of the molecule is CC(=O)C[C@H](NC(=O)[C@H](CC(C)C)n1cc(C2CC2)cc(C)c1=O)c1cncc(-c2c(C)cccc2C)c1. The average molecular weight is 514 g/mol. The molecule has 1 aliphatic carbocycles. The number of hydrogen-bond donors (Lipinski definition) is 1. The van der Waals surface area contributed by atoms with Crippen LogP contribution in [0, 0.1) is 26.7 Å². The van der Waals surface area contributed by atoms with E-state index in [1.807, 2.05) is 51.4 Å². The average Bonchev–Trinajstić information content (AvgIpc) is 3.69. The molecule has 0 spiro atoms. The third-order valence-electron chi connectivity index (χ3n) is 7.36. The lowest BCUT2D eigenvalue weighted by molar-refractivity contribution is -0.126. The Hall–Kier alpha value is -3.54. The number of nitrogens with zero attached hydrogens (tertiary/aromatic N) is 2. The number of ketones is 1. The van der Waals surface area contributed by atoms with Crippen LogP contribution in [0.25, 0.3) is 11.1 Å². The largest absolute Gasteiger partial charge is 0.347 e. The second-order valence-electron chi connectivity index (χ2n) is 11.3. The molecule has 1 aromatic carbocycles. The fraction of sp³-hybridized carbons (Fsp3) is 0.438. The van der Waals surface area contributed by atoms with Crippen molar-refractivity contribution in [2.75, 3.05) is 0 Å². The Balaban J connectivity index is 1.70. The van der Waals surface area contributed by atoms with Gasteiger partial charge in [-0.1, -0.05) is 32.0 Å². The number of hydrogen-bond acceptors (Lipinski definition) is 4. The van der Waals surface area contributed by atoms with Crippen LogP contribution in [-0.4, -0.2) is 21.2 Å². The highest BCUT2D eigenvalue weighted by molar-refractivity contribution is 5.83. The summed E-state index contributed by atoms with van der Waals surface area (Å²) in [5.74, 6) is 0.379. The molecule has 2 heterocycles. The molecule has 2 aromatic heterocycles. The summed E-state index contributed by atoms with van der Waals surface area (Å²) in [6, 6.07) is 8.92. The van der Waals surface area contributed by atoms with Crippen LogP contribution >= 0.6 is 0 Å². The van der Waals surface area contributed by atoms with E-state index in [0.29, 0.717) is 17.9 Å². The topological polar surface area (TPSA) is 81.1 Å². The van der Waals surface area contributed by atoms with Gasteiger partial charge in [0.05, 0.1) is 6.04 Å². The summed E-state index contributed by atoms with van der Waals surface area (Å²) in [4.78, 5) is 43.8. The molecular formula is C32H39N3O3. The first kappa shape index (κ1) is 27.5. The van der Waals surface area contributed by atoms with E-state index in [-0.39, 0.29) is 29.6 Å². The van der Waals surface area contributed by atoms with Crippen LogP contribution in [0.4, 0.5) is 0 Å². The Morgan fingerprint density at radius 3 is 2.34 bits per heavy atom. The molecule has 1 amide bonds. The molecule has 0 radical (unpaired) electrons. The minimum atomic E-state index is -0.663. The van der Waals surface area contributed by atoms with Gasteiger partial charge in [0.15, 0.2) is 0 Å². The fourth-order valence-electron chi connectivity index (χ4n) is 5.30. The minimum absolute atomic E-state index is 0.0306. The summed E-state index contributed by atoms with van der Waals surface area (Å²) in [5.41, 5.74) is 6.73. The smallest absolute Gasteiger partial charge is 0.254 e. The number of Topliss-reactive ketones (excluding diaryl/α,β-unsaturated/α-hetero) is 1. The first-order valence-electron chi connectivity index (χ1n) is 13.6. The Labute approximate surface area is 225 Å². The lowest BCUT2D eigenvalue weighted by atomic mass is 9.94. The number of nitrogens with one attached hydrogen (secondary N) is 1. The highest BCUT2D eigenvalue weighted by Gasteiger charge is 2.30. The van der Waals surface area contributed by atoms with E-state index in [0.717, 1.165) is 46.2 Å². The Morgan fingerprint density at radius 2 is 1.74 bits per heavy atom. The van der Waals surface area contributed by atoms with Crippen LogP contribution < -0.4 is 10.9 Å².